The third kappa shape index (κ3) is 6.37. The molecule has 0 saturated heterocycles. The summed E-state index contributed by atoms with van der Waals surface area (Å²) in [5.74, 6) is 0.171. The van der Waals surface area contributed by atoms with Crippen molar-refractivity contribution in [3.63, 3.8) is 0 Å². The maximum atomic E-state index is 12.2. The fraction of sp³-hybridized carbons (Fsp3) is 0.409. The first-order chi connectivity index (χ1) is 13.2. The van der Waals surface area contributed by atoms with Crippen LogP contribution in [0.2, 0.25) is 0 Å². The van der Waals surface area contributed by atoms with E-state index < -0.39 is 10.0 Å². The maximum absolute atomic E-state index is 12.2. The minimum Gasteiger partial charge on any atom is -0.356 e. The number of carbonyl (C=O) groups excluding carboxylic acids is 1. The second kappa shape index (κ2) is 9.73. The Hall–Kier alpha value is -2.34. The van der Waals surface area contributed by atoms with E-state index in [1.54, 1.807) is 0 Å². The number of hydrogen-bond acceptors (Lipinski definition) is 3. The SMILES string of the molecule is Cc1ccc(N(CCCC(=O)NC[C@@H](C)c2ccccc2)S(C)(=O)=O)cc1C. The fourth-order valence-corrected chi connectivity index (χ4v) is 3.96. The molecule has 0 aromatic heterocycles. The van der Waals surface area contributed by atoms with Gasteiger partial charge in [-0.15, -0.1) is 0 Å². The van der Waals surface area contributed by atoms with E-state index in [2.05, 4.69) is 12.2 Å². The number of amides is 1. The molecule has 0 aliphatic carbocycles. The van der Waals surface area contributed by atoms with Gasteiger partial charge in [-0.05, 0) is 55.0 Å². The van der Waals surface area contributed by atoms with Gasteiger partial charge in [-0.25, -0.2) is 8.42 Å². The van der Waals surface area contributed by atoms with Crippen LogP contribution in [0, 0.1) is 13.8 Å². The molecule has 6 heteroatoms. The molecular weight excluding hydrogens is 372 g/mol. The number of nitrogens with zero attached hydrogens (tertiary/aromatic N) is 1. The van der Waals surface area contributed by atoms with Crippen LogP contribution in [0.4, 0.5) is 5.69 Å². The van der Waals surface area contributed by atoms with E-state index in [4.69, 9.17) is 0 Å². The molecule has 1 amide bonds. The zero-order chi connectivity index (χ0) is 20.7. The average molecular weight is 403 g/mol. The molecule has 28 heavy (non-hydrogen) atoms. The van der Waals surface area contributed by atoms with Crippen LogP contribution in [0.1, 0.15) is 42.4 Å². The summed E-state index contributed by atoms with van der Waals surface area (Å²) in [6.45, 7) is 6.87. The molecular formula is C22H30N2O3S. The van der Waals surface area contributed by atoms with Crippen LogP contribution in [-0.4, -0.2) is 33.7 Å². The normalized spacial score (nSPS) is 12.4. The summed E-state index contributed by atoms with van der Waals surface area (Å²) in [4.78, 5) is 12.2. The van der Waals surface area contributed by atoms with Crippen molar-refractivity contribution in [2.75, 3.05) is 23.7 Å². The van der Waals surface area contributed by atoms with Crippen molar-refractivity contribution in [3.8, 4) is 0 Å². The molecule has 0 aliphatic heterocycles. The first kappa shape index (κ1) is 22.0. The molecule has 2 aromatic rings. The average Bonchev–Trinajstić information content (AvgIpc) is 2.65. The molecule has 0 radical (unpaired) electrons. The monoisotopic (exact) mass is 402 g/mol. The highest BCUT2D eigenvalue weighted by atomic mass is 32.2. The Morgan fingerprint density at radius 2 is 1.75 bits per heavy atom. The van der Waals surface area contributed by atoms with Gasteiger partial charge in [0.25, 0.3) is 0 Å². The summed E-state index contributed by atoms with van der Waals surface area (Å²) in [6.07, 6.45) is 1.95. The van der Waals surface area contributed by atoms with Gasteiger partial charge < -0.3 is 5.32 Å². The van der Waals surface area contributed by atoms with Crippen molar-refractivity contribution in [2.24, 2.45) is 0 Å². The van der Waals surface area contributed by atoms with Gasteiger partial charge in [0.05, 0.1) is 11.9 Å². The number of sulfonamides is 1. The van der Waals surface area contributed by atoms with Crippen molar-refractivity contribution in [1.82, 2.24) is 5.32 Å². The Bertz CT molecular complexity index is 895. The van der Waals surface area contributed by atoms with Crippen LogP contribution < -0.4 is 9.62 Å². The summed E-state index contributed by atoms with van der Waals surface area (Å²) in [6, 6.07) is 15.6. The van der Waals surface area contributed by atoms with Crippen molar-refractivity contribution in [1.29, 1.82) is 0 Å². The van der Waals surface area contributed by atoms with Crippen LogP contribution in [0.5, 0.6) is 0 Å². The van der Waals surface area contributed by atoms with E-state index in [-0.39, 0.29) is 18.4 Å². The van der Waals surface area contributed by atoms with Crippen molar-refractivity contribution < 1.29 is 13.2 Å². The number of benzene rings is 2. The summed E-state index contributed by atoms with van der Waals surface area (Å²) in [7, 11) is -3.41. The molecule has 0 heterocycles. The predicted molar refractivity (Wildman–Crippen MR) is 115 cm³/mol. The number of anilines is 1. The summed E-state index contributed by atoms with van der Waals surface area (Å²) in [5.41, 5.74) is 3.98. The van der Waals surface area contributed by atoms with Crippen LogP contribution >= 0.6 is 0 Å². The van der Waals surface area contributed by atoms with E-state index in [9.17, 15) is 13.2 Å². The molecule has 2 aromatic carbocycles. The fourth-order valence-electron chi connectivity index (χ4n) is 3.01. The highest BCUT2D eigenvalue weighted by molar-refractivity contribution is 7.92. The largest absolute Gasteiger partial charge is 0.356 e. The highest BCUT2D eigenvalue weighted by Gasteiger charge is 2.18. The second-order valence-electron chi connectivity index (χ2n) is 7.32. The Balaban J connectivity index is 1.88. The summed E-state index contributed by atoms with van der Waals surface area (Å²) < 4.78 is 25.8. The van der Waals surface area contributed by atoms with Gasteiger partial charge in [0.2, 0.25) is 15.9 Å². The number of hydrogen-bond donors (Lipinski definition) is 1. The first-order valence-corrected chi connectivity index (χ1v) is 11.4. The topological polar surface area (TPSA) is 66.5 Å². The Morgan fingerprint density at radius 3 is 2.36 bits per heavy atom. The van der Waals surface area contributed by atoms with Crippen LogP contribution in [0.15, 0.2) is 48.5 Å². The predicted octanol–water partition coefficient (Wildman–Crippen LogP) is 3.77. The number of aryl methyl sites for hydroxylation is 2. The quantitative estimate of drug-likeness (QED) is 0.694. The van der Waals surface area contributed by atoms with Crippen molar-refractivity contribution in [2.45, 2.75) is 39.5 Å². The minimum atomic E-state index is -3.41. The third-order valence-electron chi connectivity index (χ3n) is 4.92. The third-order valence-corrected chi connectivity index (χ3v) is 6.11. The molecule has 1 atom stereocenters. The van der Waals surface area contributed by atoms with Gasteiger partial charge in [0, 0.05) is 19.5 Å². The molecule has 0 aliphatic rings. The van der Waals surface area contributed by atoms with E-state index in [0.717, 1.165) is 11.1 Å². The Kier molecular flexibility index (Phi) is 7.63. The molecule has 5 nitrogen and oxygen atoms in total. The molecule has 0 fully saturated rings. The summed E-state index contributed by atoms with van der Waals surface area (Å²) in [5, 5.41) is 2.94. The van der Waals surface area contributed by atoms with E-state index >= 15 is 0 Å². The molecule has 152 valence electrons. The van der Waals surface area contributed by atoms with Crippen LogP contribution in [-0.2, 0) is 14.8 Å². The Morgan fingerprint density at radius 1 is 1.07 bits per heavy atom. The van der Waals surface area contributed by atoms with E-state index in [1.165, 1.54) is 16.1 Å². The van der Waals surface area contributed by atoms with Gasteiger partial charge >= 0.3 is 0 Å². The standard InChI is InChI=1S/C22H30N2O3S/c1-17-12-13-21(15-18(17)2)24(28(4,26)27)14-8-11-22(25)23-16-19(3)20-9-6-5-7-10-20/h5-7,9-10,12-13,15,19H,8,11,14,16H2,1-4H3,(H,23,25)/t19-/m1/s1. The van der Waals surface area contributed by atoms with Gasteiger partial charge in [-0.3, -0.25) is 9.10 Å². The van der Waals surface area contributed by atoms with E-state index in [0.29, 0.717) is 25.1 Å². The zero-order valence-electron chi connectivity index (χ0n) is 17.1. The van der Waals surface area contributed by atoms with Crippen molar-refractivity contribution >= 4 is 21.6 Å². The van der Waals surface area contributed by atoms with Gasteiger partial charge in [0.15, 0.2) is 0 Å². The van der Waals surface area contributed by atoms with Gasteiger partial charge in [-0.2, -0.15) is 0 Å². The van der Waals surface area contributed by atoms with E-state index in [1.807, 2.05) is 62.4 Å². The number of rotatable bonds is 9. The highest BCUT2D eigenvalue weighted by Crippen LogP contribution is 2.21. The molecule has 0 bridgehead atoms. The van der Waals surface area contributed by atoms with Crippen LogP contribution in [0.3, 0.4) is 0 Å². The van der Waals surface area contributed by atoms with Gasteiger partial charge in [-0.1, -0.05) is 43.3 Å². The lowest BCUT2D eigenvalue weighted by molar-refractivity contribution is -0.121. The molecule has 0 saturated carbocycles. The lowest BCUT2D eigenvalue weighted by Crippen LogP contribution is -2.32. The maximum Gasteiger partial charge on any atom is 0.232 e. The molecule has 2 rings (SSSR count). The first-order valence-electron chi connectivity index (χ1n) is 9.55. The van der Waals surface area contributed by atoms with Crippen molar-refractivity contribution in [3.05, 3.63) is 65.2 Å². The summed E-state index contributed by atoms with van der Waals surface area (Å²) >= 11 is 0. The van der Waals surface area contributed by atoms with Crippen LogP contribution in [0.25, 0.3) is 0 Å². The lowest BCUT2D eigenvalue weighted by atomic mass is 10.0. The zero-order valence-corrected chi connectivity index (χ0v) is 17.9. The number of carbonyl (C=O) groups is 1. The van der Waals surface area contributed by atoms with Gasteiger partial charge in [0.1, 0.15) is 0 Å². The second-order valence-corrected chi connectivity index (χ2v) is 9.23. The smallest absolute Gasteiger partial charge is 0.232 e. The minimum absolute atomic E-state index is 0.0590. The Labute approximate surface area is 168 Å². The number of nitrogens with one attached hydrogen (secondary N) is 1. The molecule has 0 unspecified atom stereocenters. The molecule has 0 spiro atoms. The molecule has 1 N–H and O–H groups in total. The lowest BCUT2D eigenvalue weighted by Gasteiger charge is -2.23.